The first kappa shape index (κ1) is 73.5. The number of hydrogen-bond acceptors (Lipinski definition) is 13. The smallest absolute Gasteiger partial charge is 0.220 e. The Hall–Kier alpha value is -3.61. The van der Waals surface area contributed by atoms with Gasteiger partial charge in [0.2, 0.25) is 5.91 Å². The Morgan fingerprint density at radius 3 is 1.36 bits per heavy atom. The highest BCUT2D eigenvalue weighted by molar-refractivity contribution is 5.76. The van der Waals surface area contributed by atoms with Crippen molar-refractivity contribution in [3.8, 4) is 0 Å². The van der Waals surface area contributed by atoms with Gasteiger partial charge in [-0.1, -0.05) is 219 Å². The molecule has 1 amide bonds. The minimum atomic E-state index is -1.80. The zero-order chi connectivity index (χ0) is 58.8. The molecule has 12 unspecified atom stereocenters. The molecule has 0 aromatic rings. The number of allylic oxidation sites excluding steroid dienone is 19. The number of carbonyl (C=O) groups is 1. The Morgan fingerprint density at radius 2 is 0.864 bits per heavy atom. The molecular weight excluding hydrogens is 1030 g/mol. The van der Waals surface area contributed by atoms with Crippen LogP contribution in [-0.2, 0) is 23.7 Å². The van der Waals surface area contributed by atoms with Crippen molar-refractivity contribution in [2.75, 3.05) is 19.8 Å². The third-order valence-electron chi connectivity index (χ3n) is 14.4. The van der Waals surface area contributed by atoms with Crippen LogP contribution in [0.15, 0.2) is 122 Å². The van der Waals surface area contributed by atoms with Gasteiger partial charge in [-0.3, -0.25) is 4.79 Å². The molecule has 0 spiro atoms. The lowest BCUT2D eigenvalue weighted by Crippen LogP contribution is -2.65. The summed E-state index contributed by atoms with van der Waals surface area (Å²) in [6, 6.07) is -0.949. The van der Waals surface area contributed by atoms with Crippen molar-refractivity contribution in [1.29, 1.82) is 0 Å². The summed E-state index contributed by atoms with van der Waals surface area (Å²) in [6.07, 6.45) is 56.6. The zero-order valence-corrected chi connectivity index (χ0v) is 49.7. The molecule has 0 aromatic carbocycles. The van der Waals surface area contributed by atoms with Gasteiger partial charge in [0.15, 0.2) is 12.6 Å². The number of aliphatic hydroxyl groups excluding tert-OH is 8. The highest BCUT2D eigenvalue weighted by Crippen LogP contribution is 2.30. The molecule has 0 saturated carbocycles. The van der Waals surface area contributed by atoms with Gasteiger partial charge in [-0.05, 0) is 96.3 Å². The molecule has 2 fully saturated rings. The van der Waals surface area contributed by atoms with Crippen molar-refractivity contribution < 1.29 is 64.6 Å². The van der Waals surface area contributed by atoms with E-state index in [9.17, 15) is 45.6 Å². The molecule has 2 aliphatic heterocycles. The molecule has 2 saturated heterocycles. The van der Waals surface area contributed by atoms with Gasteiger partial charge in [0.05, 0.1) is 32.0 Å². The van der Waals surface area contributed by atoms with Crippen LogP contribution in [-0.4, -0.2) is 140 Å². The van der Waals surface area contributed by atoms with Crippen LogP contribution in [0.5, 0.6) is 0 Å². The molecule has 2 rings (SSSR count). The van der Waals surface area contributed by atoms with Gasteiger partial charge in [-0.15, -0.1) is 0 Å². The van der Waals surface area contributed by atoms with Crippen molar-refractivity contribution in [2.45, 2.75) is 274 Å². The molecule has 462 valence electrons. The van der Waals surface area contributed by atoms with Crippen LogP contribution in [0, 0.1) is 0 Å². The zero-order valence-electron chi connectivity index (χ0n) is 49.7. The number of carbonyl (C=O) groups excluding carboxylic acids is 1. The van der Waals surface area contributed by atoms with E-state index in [1.165, 1.54) is 64.2 Å². The summed E-state index contributed by atoms with van der Waals surface area (Å²) in [4.78, 5) is 13.3. The highest BCUT2D eigenvalue weighted by Gasteiger charge is 2.51. The summed E-state index contributed by atoms with van der Waals surface area (Å²) in [5.41, 5.74) is 0. The summed E-state index contributed by atoms with van der Waals surface area (Å²) in [5.74, 6) is -0.270. The minimum Gasteiger partial charge on any atom is -0.394 e. The summed E-state index contributed by atoms with van der Waals surface area (Å²) in [6.45, 7) is 2.64. The second-order valence-electron chi connectivity index (χ2n) is 21.4. The first-order valence-corrected chi connectivity index (χ1v) is 31.3. The van der Waals surface area contributed by atoms with Crippen molar-refractivity contribution in [1.82, 2.24) is 5.32 Å². The molecule has 0 aromatic heterocycles. The largest absolute Gasteiger partial charge is 0.394 e. The second-order valence-corrected chi connectivity index (χ2v) is 21.4. The highest BCUT2D eigenvalue weighted by atomic mass is 16.7. The van der Waals surface area contributed by atoms with Gasteiger partial charge < -0.3 is 65.1 Å². The number of nitrogens with one attached hydrogen (secondary N) is 1. The predicted molar refractivity (Wildman–Crippen MR) is 327 cm³/mol. The van der Waals surface area contributed by atoms with Crippen molar-refractivity contribution >= 4 is 5.91 Å². The monoisotopic (exact) mass is 1140 g/mol. The molecule has 12 atom stereocenters. The van der Waals surface area contributed by atoms with E-state index in [0.717, 1.165) is 103 Å². The van der Waals surface area contributed by atoms with Gasteiger partial charge in [0, 0.05) is 6.42 Å². The molecule has 9 N–H and O–H groups in total. The van der Waals surface area contributed by atoms with Crippen molar-refractivity contribution in [3.05, 3.63) is 122 Å². The SMILES string of the molecule is CC/C=C\C/C=C\C/C=C\C/C=C\C/C=C\C/C=C\C/C=C\C/C=C\CCCCCCCCC(=O)NC(COC1OC(CO)C(OC2OC(CO)C(O)C(O)C2O)C(O)C1O)C(O)/C=C/CC/C=C/CCCCCCCCCCCC. The fraction of sp³-hybridized carbons (Fsp3) is 0.687. The Labute approximate surface area is 488 Å². The van der Waals surface area contributed by atoms with Gasteiger partial charge >= 0.3 is 0 Å². The fourth-order valence-corrected chi connectivity index (χ4v) is 9.38. The molecule has 2 heterocycles. The first-order valence-electron chi connectivity index (χ1n) is 31.3. The normalized spacial score (nSPS) is 25.0. The predicted octanol–water partition coefficient (Wildman–Crippen LogP) is 11.4. The van der Waals surface area contributed by atoms with Crippen LogP contribution >= 0.6 is 0 Å². The Balaban J connectivity index is 1.74. The van der Waals surface area contributed by atoms with E-state index in [1.54, 1.807) is 6.08 Å². The van der Waals surface area contributed by atoms with Crippen LogP contribution in [0.3, 0.4) is 0 Å². The van der Waals surface area contributed by atoms with E-state index in [2.05, 4.69) is 129 Å². The fourth-order valence-electron chi connectivity index (χ4n) is 9.38. The number of hydrogen-bond donors (Lipinski definition) is 9. The minimum absolute atomic E-state index is 0.248. The van der Waals surface area contributed by atoms with E-state index < -0.39 is 86.8 Å². The quantitative estimate of drug-likeness (QED) is 0.0204. The summed E-state index contributed by atoms with van der Waals surface area (Å²) >= 11 is 0. The number of ether oxygens (including phenoxy) is 4. The molecule has 14 heteroatoms. The van der Waals surface area contributed by atoms with Crippen LogP contribution in [0.2, 0.25) is 0 Å². The lowest BCUT2D eigenvalue weighted by molar-refractivity contribution is -0.359. The third-order valence-corrected chi connectivity index (χ3v) is 14.4. The van der Waals surface area contributed by atoms with Crippen LogP contribution in [0.4, 0.5) is 0 Å². The average Bonchev–Trinajstić information content (AvgIpc) is 3.47. The van der Waals surface area contributed by atoms with E-state index >= 15 is 0 Å². The Morgan fingerprint density at radius 1 is 0.457 bits per heavy atom. The number of unbranched alkanes of at least 4 members (excludes halogenated alkanes) is 17. The first-order chi connectivity index (χ1) is 39.6. The van der Waals surface area contributed by atoms with Crippen LogP contribution in [0.1, 0.15) is 200 Å². The molecule has 0 radical (unpaired) electrons. The molecule has 81 heavy (non-hydrogen) atoms. The van der Waals surface area contributed by atoms with Gasteiger partial charge in [0.25, 0.3) is 0 Å². The maximum atomic E-state index is 13.3. The number of rotatable bonds is 48. The van der Waals surface area contributed by atoms with Crippen molar-refractivity contribution in [3.63, 3.8) is 0 Å². The molecule has 0 bridgehead atoms. The standard InChI is InChI=1S/C67H111NO13/c1-3-5-7-9-11-13-15-17-19-21-22-23-24-25-26-27-28-29-30-31-32-33-34-35-37-39-41-43-45-47-49-51-59(72)68-55(56(71)50-48-46-44-42-40-38-36-20-18-16-14-12-10-8-6-4-2)54-78-66-64(77)62(75)65(58(53-70)80-66)81-67-63(76)61(74)60(73)57(52-69)79-67/h5,7,11,13,17,19,22-23,25-26,28-29,31-32,34-35,40,42,48,50,55-58,60-67,69-71,73-77H,3-4,6,8-10,12,14-16,18,20-21,24,27,30,33,36-39,41,43-47,49,51-54H2,1-2H3,(H,68,72)/b7-5-,13-11-,19-17-,23-22-,26-25-,29-28-,32-31-,35-34-,42-40+,50-48+. The second kappa shape index (κ2) is 50.9. The lowest BCUT2D eigenvalue weighted by atomic mass is 9.97. The van der Waals surface area contributed by atoms with Crippen molar-refractivity contribution in [2.24, 2.45) is 0 Å². The Bertz CT molecular complexity index is 1820. The van der Waals surface area contributed by atoms with E-state index in [4.69, 9.17) is 18.9 Å². The van der Waals surface area contributed by atoms with Gasteiger partial charge in [-0.25, -0.2) is 0 Å². The Kier molecular flexibility index (Phi) is 46.1. The summed E-state index contributed by atoms with van der Waals surface area (Å²) in [7, 11) is 0. The maximum absolute atomic E-state index is 13.3. The molecule has 0 aliphatic carbocycles. The number of amides is 1. The lowest BCUT2D eigenvalue weighted by Gasteiger charge is -2.46. The van der Waals surface area contributed by atoms with Gasteiger partial charge in [-0.2, -0.15) is 0 Å². The molecule has 2 aliphatic rings. The molecule has 14 nitrogen and oxygen atoms in total. The maximum Gasteiger partial charge on any atom is 0.220 e. The summed E-state index contributed by atoms with van der Waals surface area (Å²) in [5, 5.41) is 87.1. The van der Waals surface area contributed by atoms with Crippen LogP contribution < -0.4 is 5.32 Å². The van der Waals surface area contributed by atoms with E-state index in [-0.39, 0.29) is 18.9 Å². The summed E-state index contributed by atoms with van der Waals surface area (Å²) < 4.78 is 22.8. The topological polar surface area (TPSA) is 228 Å². The average molecular weight is 1140 g/mol. The molecular formula is C67H111NO13. The van der Waals surface area contributed by atoms with Gasteiger partial charge in [0.1, 0.15) is 48.8 Å². The number of aliphatic hydroxyl groups is 8. The van der Waals surface area contributed by atoms with Crippen LogP contribution in [0.25, 0.3) is 0 Å². The van der Waals surface area contributed by atoms with E-state index in [1.807, 2.05) is 6.08 Å². The van der Waals surface area contributed by atoms with E-state index in [0.29, 0.717) is 12.8 Å². The third kappa shape index (κ3) is 36.0.